The van der Waals surface area contributed by atoms with Gasteiger partial charge in [0.2, 0.25) is 0 Å². The highest BCUT2D eigenvalue weighted by Gasteiger charge is 2.14. The molecule has 72 valence electrons. The van der Waals surface area contributed by atoms with Crippen molar-refractivity contribution in [1.82, 2.24) is 9.38 Å². The van der Waals surface area contributed by atoms with Gasteiger partial charge in [0.25, 0.3) is 0 Å². The van der Waals surface area contributed by atoms with E-state index in [0.29, 0.717) is 0 Å². The van der Waals surface area contributed by atoms with Gasteiger partial charge in [0, 0.05) is 14.4 Å². The van der Waals surface area contributed by atoms with Crippen molar-refractivity contribution < 1.29 is 20.9 Å². The molecule has 14 heavy (non-hydrogen) atoms. The number of nitrogens with zero attached hydrogens (tertiary/aromatic N) is 2. The molecule has 0 aliphatic carbocycles. The van der Waals surface area contributed by atoms with Crippen LogP contribution in [-0.2, 0) is 0 Å². The minimum Gasteiger partial charge on any atom is -0.477 e. The van der Waals surface area contributed by atoms with Gasteiger partial charge in [-0.05, 0) is 25.3 Å². The van der Waals surface area contributed by atoms with Gasteiger partial charge in [-0.25, -0.2) is 9.78 Å². The van der Waals surface area contributed by atoms with E-state index in [9.17, 15) is 9.90 Å². The highest BCUT2D eigenvalue weighted by atomic mass is 16.4. The molecule has 0 fully saturated rings. The number of carbonyl (C=O) groups is 1. The summed E-state index contributed by atoms with van der Waals surface area (Å²) in [7, 11) is 0. The van der Waals surface area contributed by atoms with Crippen LogP contribution in [0.3, 0.4) is 0 Å². The van der Waals surface area contributed by atoms with Crippen LogP contribution in [0, 0.1) is 13.7 Å². The molecule has 0 aliphatic rings. The summed E-state index contributed by atoms with van der Waals surface area (Å²) < 4.78 is 60.1. The van der Waals surface area contributed by atoms with Gasteiger partial charge in [0.1, 0.15) is 5.65 Å². The zero-order valence-corrected chi connectivity index (χ0v) is 6.83. The fraction of sp³-hybridized carbons (Fsp3) is 0.200. The molecule has 2 heterocycles. The fourth-order valence-electron chi connectivity index (χ4n) is 1.14. The monoisotopic (exact) mass is 198 g/mol. The van der Waals surface area contributed by atoms with Gasteiger partial charge in [0.05, 0.1) is 8.44 Å². The van der Waals surface area contributed by atoms with Crippen LogP contribution in [0.15, 0.2) is 18.3 Å². The molecule has 2 aromatic heterocycles. The van der Waals surface area contributed by atoms with Crippen molar-refractivity contribution in [3.63, 3.8) is 0 Å². The third-order valence-corrected chi connectivity index (χ3v) is 1.68. The molecular formula is C10H10N2O2. The molecule has 4 nitrogen and oxygen atoms in total. The number of aryl methyl sites for hydroxylation is 2. The summed E-state index contributed by atoms with van der Waals surface area (Å²) in [5.74, 6) is -1.62. The van der Waals surface area contributed by atoms with Gasteiger partial charge >= 0.3 is 5.97 Å². The van der Waals surface area contributed by atoms with Crippen molar-refractivity contribution in [3.8, 4) is 0 Å². The number of fused-ring (bicyclic) bond motifs is 1. The zero-order chi connectivity index (χ0) is 17.0. The van der Waals surface area contributed by atoms with Crippen LogP contribution in [-0.4, -0.2) is 20.5 Å². The molecule has 0 bridgehead atoms. The van der Waals surface area contributed by atoms with Crippen molar-refractivity contribution >= 4 is 11.6 Å². The maximum atomic E-state index is 11.3. The molecule has 0 aliphatic heterocycles. The summed E-state index contributed by atoms with van der Waals surface area (Å²) in [4.78, 5) is 15.0. The molecule has 0 amide bonds. The van der Waals surface area contributed by atoms with E-state index in [4.69, 9.17) is 11.0 Å². The number of rotatable bonds is 1. The van der Waals surface area contributed by atoms with Crippen molar-refractivity contribution in [1.29, 1.82) is 0 Å². The molecule has 0 spiro atoms. The molecule has 1 N–H and O–H groups in total. The zero-order valence-electron chi connectivity index (χ0n) is 14.8. The van der Waals surface area contributed by atoms with Crippen LogP contribution in [0.1, 0.15) is 32.7 Å². The number of imidazole rings is 1. The van der Waals surface area contributed by atoms with Crippen LogP contribution in [0.4, 0.5) is 0 Å². The SMILES string of the molecule is [2H]c1c(C([2H])([2H])[2H])cn2c(C(=O)O)c(C([2H])([2H])[2H])nc2c1[2H]. The van der Waals surface area contributed by atoms with Crippen molar-refractivity contribution in [2.75, 3.05) is 0 Å². The second-order valence-electron chi connectivity index (χ2n) is 2.60. The fourth-order valence-corrected chi connectivity index (χ4v) is 1.14. The first-order chi connectivity index (χ1) is 9.85. The Morgan fingerprint density at radius 2 is 2.50 bits per heavy atom. The Labute approximate surface area is 92.1 Å². The van der Waals surface area contributed by atoms with E-state index in [1.165, 1.54) is 0 Å². The predicted molar refractivity (Wildman–Crippen MR) is 51.6 cm³/mol. The molecule has 0 aromatic carbocycles. The van der Waals surface area contributed by atoms with Gasteiger partial charge in [-0.15, -0.1) is 0 Å². The minimum atomic E-state index is -2.85. The Bertz CT molecular complexity index is 774. The molecule has 0 saturated heterocycles. The largest absolute Gasteiger partial charge is 0.477 e. The molecule has 2 rings (SSSR count). The summed E-state index contributed by atoms with van der Waals surface area (Å²) in [6, 6.07) is -1.29. The number of hydrogen-bond donors (Lipinski definition) is 1. The lowest BCUT2D eigenvalue weighted by Crippen LogP contribution is -2.03. The van der Waals surface area contributed by atoms with Crippen LogP contribution < -0.4 is 0 Å². The molecule has 4 heteroatoms. The highest BCUT2D eigenvalue weighted by Crippen LogP contribution is 2.12. The van der Waals surface area contributed by atoms with E-state index in [-0.39, 0.29) is 5.65 Å². The average Bonchev–Trinajstić information content (AvgIpc) is 2.71. The van der Waals surface area contributed by atoms with Crippen LogP contribution in [0.5, 0.6) is 0 Å². The van der Waals surface area contributed by atoms with Crippen molar-refractivity contribution in [2.24, 2.45) is 0 Å². The Balaban J connectivity index is 3.00. The number of carboxylic acids is 1. The maximum absolute atomic E-state index is 11.3. The molecule has 0 unspecified atom stereocenters. The molecule has 0 saturated carbocycles. The van der Waals surface area contributed by atoms with E-state index in [0.717, 1.165) is 10.6 Å². The Hall–Kier alpha value is -1.84. The van der Waals surface area contributed by atoms with E-state index in [1.807, 2.05) is 0 Å². The lowest BCUT2D eigenvalue weighted by Gasteiger charge is -1.98. The van der Waals surface area contributed by atoms with Crippen LogP contribution in [0.25, 0.3) is 5.65 Å². The smallest absolute Gasteiger partial charge is 0.354 e. The number of pyridine rings is 1. The molecule has 0 radical (unpaired) electrons. The number of aromatic nitrogens is 2. The standard InChI is InChI=1S/C10H10N2O2/c1-6-3-4-8-11-7(2)9(10(13)14)12(8)5-6/h3-5H,1-2H3,(H,13,14)/i1D3,2D3,3D,4D. The normalized spacial score (nSPS) is 20.9. The minimum absolute atomic E-state index is 0.387. The Kier molecular flexibility index (Phi) is 0.685. The molecule has 0 atom stereocenters. The number of hydrogen-bond acceptors (Lipinski definition) is 2. The van der Waals surface area contributed by atoms with Gasteiger partial charge in [0.15, 0.2) is 5.69 Å². The van der Waals surface area contributed by atoms with Gasteiger partial charge < -0.3 is 5.11 Å². The lowest BCUT2D eigenvalue weighted by molar-refractivity contribution is 0.0688. The van der Waals surface area contributed by atoms with E-state index in [1.54, 1.807) is 0 Å². The third-order valence-electron chi connectivity index (χ3n) is 1.68. The Morgan fingerprint density at radius 1 is 1.64 bits per heavy atom. The third kappa shape index (κ3) is 1.16. The molecular weight excluding hydrogens is 180 g/mol. The Morgan fingerprint density at radius 3 is 3.14 bits per heavy atom. The second kappa shape index (κ2) is 2.83. The summed E-state index contributed by atoms with van der Waals surface area (Å²) in [6.07, 6.45) is 0.828. The van der Waals surface area contributed by atoms with E-state index < -0.39 is 48.7 Å². The quantitative estimate of drug-likeness (QED) is 0.758. The summed E-state index contributed by atoms with van der Waals surface area (Å²) in [5.41, 5.74) is -2.44. The maximum Gasteiger partial charge on any atom is 0.354 e. The number of carboxylic acid groups (broad SMARTS) is 1. The first-order valence-corrected chi connectivity index (χ1v) is 3.62. The van der Waals surface area contributed by atoms with Crippen molar-refractivity contribution in [2.45, 2.75) is 13.7 Å². The lowest BCUT2D eigenvalue weighted by atomic mass is 10.3. The van der Waals surface area contributed by atoms with Gasteiger partial charge in [-0.1, -0.05) is 6.04 Å². The first kappa shape index (κ1) is 3.38. The van der Waals surface area contributed by atoms with E-state index in [2.05, 4.69) is 4.98 Å². The predicted octanol–water partition coefficient (Wildman–Crippen LogP) is 1.65. The van der Waals surface area contributed by atoms with Gasteiger partial charge in [-0.2, -0.15) is 0 Å². The summed E-state index contributed by atoms with van der Waals surface area (Å²) in [5, 5.41) is 9.21. The average molecular weight is 198 g/mol. The number of aromatic carboxylic acids is 1. The van der Waals surface area contributed by atoms with Crippen LogP contribution in [0.2, 0.25) is 0 Å². The second-order valence-corrected chi connectivity index (χ2v) is 2.60. The highest BCUT2D eigenvalue weighted by molar-refractivity contribution is 5.88. The van der Waals surface area contributed by atoms with Crippen LogP contribution >= 0.6 is 0 Å². The van der Waals surface area contributed by atoms with E-state index >= 15 is 0 Å². The first-order valence-electron chi connectivity index (χ1n) is 7.62. The summed E-state index contributed by atoms with van der Waals surface area (Å²) in [6.45, 7) is -5.60. The summed E-state index contributed by atoms with van der Waals surface area (Å²) >= 11 is 0. The van der Waals surface area contributed by atoms with Crippen molar-refractivity contribution in [3.05, 3.63) is 35.2 Å². The van der Waals surface area contributed by atoms with Gasteiger partial charge in [-0.3, -0.25) is 4.40 Å². The topological polar surface area (TPSA) is 54.6 Å². The molecule has 2 aromatic rings.